The Morgan fingerprint density at radius 3 is 2.67 bits per heavy atom. The summed E-state index contributed by atoms with van der Waals surface area (Å²) in [5.41, 5.74) is 1.27. The van der Waals surface area contributed by atoms with Gasteiger partial charge in [0, 0.05) is 10.2 Å². The summed E-state index contributed by atoms with van der Waals surface area (Å²) in [5.74, 6) is 1.75. The van der Waals surface area contributed by atoms with Crippen LogP contribution in [0.5, 0.6) is 0 Å². The van der Waals surface area contributed by atoms with Crippen molar-refractivity contribution < 1.29 is 0 Å². The summed E-state index contributed by atoms with van der Waals surface area (Å²) < 4.78 is 1.10. The molecule has 0 saturated heterocycles. The lowest BCUT2D eigenvalue weighted by Gasteiger charge is -1.98. The molecule has 5 heteroatoms. The average molecular weight is 284 g/mol. The number of halogens is 1. The van der Waals surface area contributed by atoms with Crippen molar-refractivity contribution >= 4 is 27.7 Å². The Labute approximate surface area is 101 Å². The van der Waals surface area contributed by atoms with Crippen molar-refractivity contribution in [1.29, 1.82) is 0 Å². The predicted molar refractivity (Wildman–Crippen MR) is 64.8 cm³/mol. The number of hydrogen-bond donors (Lipinski definition) is 1. The van der Waals surface area contributed by atoms with Gasteiger partial charge in [0.1, 0.15) is 5.82 Å². The lowest BCUT2D eigenvalue weighted by molar-refractivity contribution is 0.969. The number of thioether (sulfide) groups is 1. The second kappa shape index (κ2) is 4.81. The molecule has 0 fully saturated rings. The lowest BCUT2D eigenvalue weighted by Crippen LogP contribution is -1.81. The van der Waals surface area contributed by atoms with E-state index in [2.05, 4.69) is 43.2 Å². The van der Waals surface area contributed by atoms with E-state index in [1.54, 1.807) is 11.8 Å². The van der Waals surface area contributed by atoms with Crippen LogP contribution in [-0.2, 0) is 5.75 Å². The first kappa shape index (κ1) is 10.7. The summed E-state index contributed by atoms with van der Waals surface area (Å²) in [6.45, 7) is 1.90. The third-order valence-corrected chi connectivity index (χ3v) is 3.30. The van der Waals surface area contributed by atoms with Crippen LogP contribution in [0.3, 0.4) is 0 Å². The van der Waals surface area contributed by atoms with Gasteiger partial charge < -0.3 is 0 Å². The minimum atomic E-state index is 0.801. The molecule has 0 aliphatic rings. The number of benzene rings is 1. The van der Waals surface area contributed by atoms with E-state index in [0.29, 0.717) is 0 Å². The van der Waals surface area contributed by atoms with Crippen molar-refractivity contribution in [1.82, 2.24) is 15.2 Å². The number of hydrogen-bond acceptors (Lipinski definition) is 3. The van der Waals surface area contributed by atoms with E-state index in [0.717, 1.165) is 21.2 Å². The third-order valence-electron chi connectivity index (χ3n) is 1.86. The van der Waals surface area contributed by atoms with Gasteiger partial charge in [-0.1, -0.05) is 39.8 Å². The quantitative estimate of drug-likeness (QED) is 0.880. The number of H-pyrrole nitrogens is 1. The summed E-state index contributed by atoms with van der Waals surface area (Å²) in [5, 5.41) is 7.69. The summed E-state index contributed by atoms with van der Waals surface area (Å²) in [4.78, 5) is 4.23. The first-order valence-electron chi connectivity index (χ1n) is 4.50. The SMILES string of the molecule is Cc1nc(SCc2ccc(Br)cc2)n[nH]1. The van der Waals surface area contributed by atoms with Crippen molar-refractivity contribution in [2.45, 2.75) is 17.8 Å². The van der Waals surface area contributed by atoms with E-state index in [1.807, 2.05) is 19.1 Å². The Morgan fingerprint density at radius 1 is 1.33 bits per heavy atom. The van der Waals surface area contributed by atoms with Crippen LogP contribution in [0, 0.1) is 6.92 Å². The van der Waals surface area contributed by atoms with Gasteiger partial charge in [-0.15, -0.1) is 5.10 Å². The van der Waals surface area contributed by atoms with Crippen molar-refractivity contribution in [3.63, 3.8) is 0 Å². The molecule has 2 aromatic rings. The minimum Gasteiger partial charge on any atom is -0.262 e. The van der Waals surface area contributed by atoms with Gasteiger partial charge in [0.15, 0.2) is 0 Å². The number of nitrogens with zero attached hydrogens (tertiary/aromatic N) is 2. The van der Waals surface area contributed by atoms with Gasteiger partial charge in [-0.3, -0.25) is 5.10 Å². The molecule has 0 atom stereocenters. The number of rotatable bonds is 3. The summed E-state index contributed by atoms with van der Waals surface area (Å²) in [6.07, 6.45) is 0. The normalized spacial score (nSPS) is 10.5. The molecule has 2 rings (SSSR count). The maximum Gasteiger partial charge on any atom is 0.208 e. The highest BCUT2D eigenvalue weighted by molar-refractivity contribution is 9.10. The van der Waals surface area contributed by atoms with Crippen molar-refractivity contribution in [3.8, 4) is 0 Å². The molecule has 1 aromatic carbocycles. The van der Waals surface area contributed by atoms with Crippen LogP contribution in [-0.4, -0.2) is 15.2 Å². The Bertz CT molecular complexity index is 438. The predicted octanol–water partition coefficient (Wildman–Crippen LogP) is 3.17. The van der Waals surface area contributed by atoms with Crippen LogP contribution in [0.1, 0.15) is 11.4 Å². The fourth-order valence-electron chi connectivity index (χ4n) is 1.12. The molecule has 0 aliphatic carbocycles. The van der Waals surface area contributed by atoms with Gasteiger partial charge >= 0.3 is 0 Å². The molecule has 0 saturated carbocycles. The number of aryl methyl sites for hydroxylation is 1. The Hall–Kier alpha value is -0.810. The Morgan fingerprint density at radius 2 is 2.07 bits per heavy atom. The largest absolute Gasteiger partial charge is 0.262 e. The molecule has 15 heavy (non-hydrogen) atoms. The van der Waals surface area contributed by atoms with Crippen molar-refractivity contribution in [3.05, 3.63) is 40.1 Å². The first-order valence-corrected chi connectivity index (χ1v) is 6.28. The topological polar surface area (TPSA) is 41.6 Å². The van der Waals surface area contributed by atoms with Gasteiger partial charge in [0.05, 0.1) is 0 Å². The summed E-state index contributed by atoms with van der Waals surface area (Å²) in [7, 11) is 0. The molecule has 0 radical (unpaired) electrons. The van der Waals surface area contributed by atoms with E-state index >= 15 is 0 Å². The highest BCUT2D eigenvalue weighted by Gasteiger charge is 2.01. The number of aromatic nitrogens is 3. The molecule has 0 aliphatic heterocycles. The lowest BCUT2D eigenvalue weighted by atomic mass is 10.2. The monoisotopic (exact) mass is 283 g/mol. The van der Waals surface area contributed by atoms with E-state index in [1.165, 1.54) is 5.56 Å². The van der Waals surface area contributed by atoms with Crippen LogP contribution in [0.2, 0.25) is 0 Å². The van der Waals surface area contributed by atoms with Crippen molar-refractivity contribution in [2.24, 2.45) is 0 Å². The Kier molecular flexibility index (Phi) is 3.43. The van der Waals surface area contributed by atoms with E-state index in [9.17, 15) is 0 Å². The van der Waals surface area contributed by atoms with Crippen LogP contribution < -0.4 is 0 Å². The van der Waals surface area contributed by atoms with E-state index in [4.69, 9.17) is 0 Å². The van der Waals surface area contributed by atoms with E-state index in [-0.39, 0.29) is 0 Å². The average Bonchev–Trinajstić information content (AvgIpc) is 2.64. The molecule has 1 N–H and O–H groups in total. The number of aromatic amines is 1. The molecule has 3 nitrogen and oxygen atoms in total. The van der Waals surface area contributed by atoms with Gasteiger partial charge in [-0.25, -0.2) is 4.98 Å². The van der Waals surface area contributed by atoms with E-state index < -0.39 is 0 Å². The van der Waals surface area contributed by atoms with Crippen LogP contribution in [0.15, 0.2) is 33.9 Å². The molecular weight excluding hydrogens is 274 g/mol. The standard InChI is InChI=1S/C10H10BrN3S/c1-7-12-10(14-13-7)15-6-8-2-4-9(11)5-3-8/h2-5H,6H2,1H3,(H,12,13,14). The maximum atomic E-state index is 4.23. The molecule has 0 spiro atoms. The van der Waals surface area contributed by atoms with Gasteiger partial charge in [0.25, 0.3) is 0 Å². The summed E-state index contributed by atoms with van der Waals surface area (Å²) in [6, 6.07) is 8.27. The maximum absolute atomic E-state index is 4.23. The fraction of sp³-hybridized carbons (Fsp3) is 0.200. The molecular formula is C10H10BrN3S. The third kappa shape index (κ3) is 3.07. The van der Waals surface area contributed by atoms with Crippen LogP contribution >= 0.6 is 27.7 Å². The highest BCUT2D eigenvalue weighted by atomic mass is 79.9. The van der Waals surface area contributed by atoms with Crippen LogP contribution in [0.25, 0.3) is 0 Å². The van der Waals surface area contributed by atoms with Gasteiger partial charge in [-0.2, -0.15) is 0 Å². The summed E-state index contributed by atoms with van der Waals surface area (Å²) >= 11 is 5.04. The highest BCUT2D eigenvalue weighted by Crippen LogP contribution is 2.20. The van der Waals surface area contributed by atoms with Gasteiger partial charge in [0.2, 0.25) is 5.16 Å². The van der Waals surface area contributed by atoms with Gasteiger partial charge in [-0.05, 0) is 24.6 Å². The van der Waals surface area contributed by atoms with Crippen molar-refractivity contribution in [2.75, 3.05) is 0 Å². The molecule has 0 bridgehead atoms. The smallest absolute Gasteiger partial charge is 0.208 e. The minimum absolute atomic E-state index is 0.801. The van der Waals surface area contributed by atoms with Crippen LogP contribution in [0.4, 0.5) is 0 Å². The molecule has 0 amide bonds. The number of nitrogens with one attached hydrogen (secondary N) is 1. The zero-order valence-corrected chi connectivity index (χ0v) is 10.6. The molecule has 78 valence electrons. The second-order valence-corrected chi connectivity index (χ2v) is 4.98. The molecule has 1 heterocycles. The first-order chi connectivity index (χ1) is 7.24. The zero-order valence-electron chi connectivity index (χ0n) is 8.20. The zero-order chi connectivity index (χ0) is 10.7. The molecule has 1 aromatic heterocycles. The molecule has 0 unspecified atom stereocenters. The Balaban J connectivity index is 1.96. The fourth-order valence-corrected chi connectivity index (χ4v) is 2.18. The second-order valence-electron chi connectivity index (χ2n) is 3.12.